The fraction of sp³-hybridized carbons (Fsp3) is 0.650. The smallest absolute Gasteiger partial charge is 0.253 e. The standard InChI is InChI=1S/C20H30N2O3/c1-15-12-21(13-16(2)25-15)14-17-8-10-22(11-9-17)20(23)18-4-6-19(24-3)7-5-18/h4-7,15-17H,8-14H2,1-3H3/t15-,16+. The minimum absolute atomic E-state index is 0.134. The van der Waals surface area contributed by atoms with Crippen molar-refractivity contribution in [1.82, 2.24) is 9.80 Å². The highest BCUT2D eigenvalue weighted by Crippen LogP contribution is 2.22. The van der Waals surface area contributed by atoms with E-state index in [4.69, 9.17) is 9.47 Å². The fourth-order valence-corrected chi connectivity index (χ4v) is 4.03. The molecule has 0 aromatic heterocycles. The first kappa shape index (κ1) is 18.2. The molecular weight excluding hydrogens is 316 g/mol. The van der Waals surface area contributed by atoms with Gasteiger partial charge in [0.05, 0.1) is 19.3 Å². The average Bonchev–Trinajstić information content (AvgIpc) is 2.61. The van der Waals surface area contributed by atoms with Crippen molar-refractivity contribution in [3.05, 3.63) is 29.8 Å². The number of piperidine rings is 1. The molecule has 1 aromatic carbocycles. The Bertz CT molecular complexity index is 557. The van der Waals surface area contributed by atoms with Crippen molar-refractivity contribution in [1.29, 1.82) is 0 Å². The number of methoxy groups -OCH3 is 1. The van der Waals surface area contributed by atoms with Crippen LogP contribution in [0.4, 0.5) is 0 Å². The van der Waals surface area contributed by atoms with E-state index in [0.29, 0.717) is 18.1 Å². The molecule has 2 atom stereocenters. The predicted molar refractivity (Wildman–Crippen MR) is 98.1 cm³/mol. The number of nitrogens with zero attached hydrogens (tertiary/aromatic N) is 2. The second-order valence-corrected chi connectivity index (χ2v) is 7.44. The summed E-state index contributed by atoms with van der Waals surface area (Å²) in [4.78, 5) is 17.2. The van der Waals surface area contributed by atoms with Gasteiger partial charge < -0.3 is 14.4 Å². The number of carbonyl (C=O) groups excluding carboxylic acids is 1. The molecule has 0 bridgehead atoms. The lowest BCUT2D eigenvalue weighted by molar-refractivity contribution is -0.0728. The van der Waals surface area contributed by atoms with Crippen LogP contribution < -0.4 is 4.74 Å². The highest BCUT2D eigenvalue weighted by Gasteiger charge is 2.28. The van der Waals surface area contributed by atoms with Gasteiger partial charge in [0.2, 0.25) is 0 Å². The quantitative estimate of drug-likeness (QED) is 0.841. The minimum Gasteiger partial charge on any atom is -0.497 e. The molecule has 5 heteroatoms. The van der Waals surface area contributed by atoms with Crippen molar-refractivity contribution in [2.45, 2.75) is 38.9 Å². The molecule has 3 rings (SSSR count). The molecule has 2 aliphatic heterocycles. The number of benzene rings is 1. The van der Waals surface area contributed by atoms with Crippen LogP contribution in [0, 0.1) is 5.92 Å². The zero-order valence-electron chi connectivity index (χ0n) is 15.6. The lowest BCUT2D eigenvalue weighted by Gasteiger charge is -2.39. The van der Waals surface area contributed by atoms with E-state index in [9.17, 15) is 4.79 Å². The van der Waals surface area contributed by atoms with E-state index in [-0.39, 0.29) is 5.91 Å². The van der Waals surface area contributed by atoms with E-state index in [0.717, 1.165) is 56.9 Å². The van der Waals surface area contributed by atoms with E-state index in [1.165, 1.54) is 0 Å². The number of amides is 1. The summed E-state index contributed by atoms with van der Waals surface area (Å²) < 4.78 is 11.0. The molecule has 25 heavy (non-hydrogen) atoms. The zero-order valence-corrected chi connectivity index (χ0v) is 15.6. The number of rotatable bonds is 4. The van der Waals surface area contributed by atoms with Crippen LogP contribution in [0.1, 0.15) is 37.0 Å². The minimum atomic E-state index is 0.134. The average molecular weight is 346 g/mol. The van der Waals surface area contributed by atoms with Crippen LogP contribution in [0.25, 0.3) is 0 Å². The van der Waals surface area contributed by atoms with Crippen LogP contribution in [0.15, 0.2) is 24.3 Å². The molecule has 1 amide bonds. The predicted octanol–water partition coefficient (Wildman–Crippen LogP) is 2.66. The Morgan fingerprint density at radius 1 is 1.12 bits per heavy atom. The van der Waals surface area contributed by atoms with Gasteiger partial charge in [-0.15, -0.1) is 0 Å². The maximum Gasteiger partial charge on any atom is 0.253 e. The van der Waals surface area contributed by atoms with E-state index in [1.807, 2.05) is 29.2 Å². The summed E-state index contributed by atoms with van der Waals surface area (Å²) in [5, 5.41) is 0. The van der Waals surface area contributed by atoms with Crippen molar-refractivity contribution in [2.75, 3.05) is 39.8 Å². The van der Waals surface area contributed by atoms with Crippen LogP contribution in [-0.4, -0.2) is 67.7 Å². The van der Waals surface area contributed by atoms with Crippen molar-refractivity contribution < 1.29 is 14.3 Å². The van der Waals surface area contributed by atoms with Crippen LogP contribution in [0.2, 0.25) is 0 Å². The monoisotopic (exact) mass is 346 g/mol. The van der Waals surface area contributed by atoms with Crippen molar-refractivity contribution in [3.63, 3.8) is 0 Å². The lowest BCUT2D eigenvalue weighted by Crippen LogP contribution is -2.48. The number of hydrogen-bond acceptors (Lipinski definition) is 4. The molecule has 138 valence electrons. The van der Waals surface area contributed by atoms with Crippen molar-refractivity contribution in [3.8, 4) is 5.75 Å². The molecule has 0 unspecified atom stereocenters. The van der Waals surface area contributed by atoms with Crippen LogP contribution in [-0.2, 0) is 4.74 Å². The van der Waals surface area contributed by atoms with Gasteiger partial charge in [0.15, 0.2) is 0 Å². The molecule has 2 fully saturated rings. The van der Waals surface area contributed by atoms with E-state index < -0.39 is 0 Å². The van der Waals surface area contributed by atoms with E-state index >= 15 is 0 Å². The molecule has 1 aromatic rings. The SMILES string of the molecule is COc1ccc(C(=O)N2CCC(CN3C[C@@H](C)O[C@@H](C)C3)CC2)cc1. The lowest BCUT2D eigenvalue weighted by atomic mass is 9.95. The Labute approximate surface area is 150 Å². The van der Waals surface area contributed by atoms with Crippen LogP contribution in [0.3, 0.4) is 0 Å². The molecule has 0 saturated carbocycles. The Kier molecular flexibility index (Phi) is 5.97. The van der Waals surface area contributed by atoms with E-state index in [2.05, 4.69) is 18.7 Å². The van der Waals surface area contributed by atoms with Gasteiger partial charge >= 0.3 is 0 Å². The van der Waals surface area contributed by atoms with Gasteiger partial charge in [-0.05, 0) is 56.9 Å². The van der Waals surface area contributed by atoms with Gasteiger partial charge in [-0.2, -0.15) is 0 Å². The topological polar surface area (TPSA) is 42.0 Å². The first-order valence-electron chi connectivity index (χ1n) is 9.36. The highest BCUT2D eigenvalue weighted by molar-refractivity contribution is 5.94. The van der Waals surface area contributed by atoms with Gasteiger partial charge in [-0.3, -0.25) is 9.69 Å². The molecule has 0 radical (unpaired) electrons. The maximum atomic E-state index is 12.6. The maximum absolute atomic E-state index is 12.6. The number of carbonyl (C=O) groups is 1. The van der Waals surface area contributed by atoms with Gasteiger partial charge in [0.25, 0.3) is 5.91 Å². The summed E-state index contributed by atoms with van der Waals surface area (Å²) in [6.07, 6.45) is 2.81. The van der Waals surface area contributed by atoms with Gasteiger partial charge in [-0.1, -0.05) is 0 Å². The van der Waals surface area contributed by atoms with Crippen LogP contribution in [0.5, 0.6) is 5.75 Å². The molecule has 0 spiro atoms. The normalized spacial score (nSPS) is 25.8. The van der Waals surface area contributed by atoms with Crippen molar-refractivity contribution >= 4 is 5.91 Å². The molecular formula is C20H30N2O3. The first-order valence-corrected chi connectivity index (χ1v) is 9.36. The van der Waals surface area contributed by atoms with Crippen LogP contribution >= 0.6 is 0 Å². The van der Waals surface area contributed by atoms with Gasteiger partial charge in [-0.25, -0.2) is 0 Å². The Morgan fingerprint density at radius 3 is 2.28 bits per heavy atom. The molecule has 0 aliphatic carbocycles. The Balaban J connectivity index is 1.48. The highest BCUT2D eigenvalue weighted by atomic mass is 16.5. The largest absolute Gasteiger partial charge is 0.497 e. The summed E-state index contributed by atoms with van der Waals surface area (Å²) in [7, 11) is 1.64. The summed E-state index contributed by atoms with van der Waals surface area (Å²) in [5.41, 5.74) is 0.745. The number of ether oxygens (including phenoxy) is 2. The third-order valence-electron chi connectivity index (χ3n) is 5.25. The summed E-state index contributed by atoms with van der Waals surface area (Å²) in [5.74, 6) is 1.59. The molecule has 2 aliphatic rings. The second-order valence-electron chi connectivity index (χ2n) is 7.44. The Morgan fingerprint density at radius 2 is 1.72 bits per heavy atom. The zero-order chi connectivity index (χ0) is 17.8. The summed E-state index contributed by atoms with van der Waals surface area (Å²) in [6.45, 7) is 9.18. The first-order chi connectivity index (χ1) is 12.0. The summed E-state index contributed by atoms with van der Waals surface area (Å²) in [6, 6.07) is 7.40. The number of likely N-dealkylation sites (tertiary alicyclic amines) is 1. The third-order valence-corrected chi connectivity index (χ3v) is 5.25. The fourth-order valence-electron chi connectivity index (χ4n) is 4.03. The van der Waals surface area contributed by atoms with Crippen molar-refractivity contribution in [2.24, 2.45) is 5.92 Å². The summed E-state index contributed by atoms with van der Waals surface area (Å²) >= 11 is 0. The molecule has 2 saturated heterocycles. The number of morpholine rings is 1. The molecule has 5 nitrogen and oxygen atoms in total. The second kappa shape index (κ2) is 8.19. The van der Waals surface area contributed by atoms with Gasteiger partial charge in [0, 0.05) is 38.3 Å². The molecule has 2 heterocycles. The Hall–Kier alpha value is -1.59. The van der Waals surface area contributed by atoms with E-state index in [1.54, 1.807) is 7.11 Å². The number of hydrogen-bond donors (Lipinski definition) is 0. The third kappa shape index (κ3) is 4.73. The van der Waals surface area contributed by atoms with Gasteiger partial charge in [0.1, 0.15) is 5.75 Å². The molecule has 0 N–H and O–H groups in total.